The van der Waals surface area contributed by atoms with Gasteiger partial charge in [-0.1, -0.05) is 13.8 Å². The van der Waals surface area contributed by atoms with Crippen LogP contribution in [-0.4, -0.2) is 19.3 Å². The van der Waals surface area contributed by atoms with Crippen molar-refractivity contribution >= 4 is 0 Å². The molecule has 0 amide bonds. The van der Waals surface area contributed by atoms with Gasteiger partial charge in [-0.3, -0.25) is 0 Å². The summed E-state index contributed by atoms with van der Waals surface area (Å²) in [5, 5.41) is 0. The first kappa shape index (κ1) is 8.52. The number of rotatable bonds is 1. The van der Waals surface area contributed by atoms with Crippen LogP contribution in [0, 0.1) is 17.3 Å². The average Bonchev–Trinajstić information content (AvgIpc) is 2.53. The van der Waals surface area contributed by atoms with Gasteiger partial charge in [-0.2, -0.15) is 0 Å². The average molecular weight is 169 g/mol. The Labute approximate surface area is 74.5 Å². The van der Waals surface area contributed by atoms with Crippen LogP contribution in [0.1, 0.15) is 26.7 Å². The van der Waals surface area contributed by atoms with Crippen molar-refractivity contribution in [2.24, 2.45) is 23.0 Å². The molecular formula is C10H19NO. The second kappa shape index (κ2) is 2.71. The van der Waals surface area contributed by atoms with Gasteiger partial charge in [0.2, 0.25) is 0 Å². The van der Waals surface area contributed by atoms with Gasteiger partial charge in [0.15, 0.2) is 0 Å². The smallest absolute Gasteiger partial charge is 0.0468 e. The lowest BCUT2D eigenvalue weighted by Gasteiger charge is -2.23. The first-order chi connectivity index (χ1) is 5.64. The molecule has 2 atom stereocenters. The Bertz CT molecular complexity index is 173. The third-order valence-corrected chi connectivity index (χ3v) is 3.77. The molecule has 0 aromatic heterocycles. The molecule has 1 saturated heterocycles. The zero-order valence-corrected chi connectivity index (χ0v) is 8.05. The van der Waals surface area contributed by atoms with E-state index in [1.165, 1.54) is 12.8 Å². The minimum atomic E-state index is 0.405. The lowest BCUT2D eigenvalue weighted by Crippen LogP contribution is -2.20. The summed E-state index contributed by atoms with van der Waals surface area (Å²) >= 11 is 0. The van der Waals surface area contributed by atoms with E-state index >= 15 is 0 Å². The molecular weight excluding hydrogens is 150 g/mol. The molecule has 2 heteroatoms. The van der Waals surface area contributed by atoms with Gasteiger partial charge in [-0.25, -0.2) is 0 Å². The molecule has 1 aliphatic carbocycles. The van der Waals surface area contributed by atoms with Crippen LogP contribution in [0.15, 0.2) is 0 Å². The van der Waals surface area contributed by atoms with Gasteiger partial charge in [0, 0.05) is 19.3 Å². The predicted octanol–water partition coefficient (Wildman–Crippen LogP) is 1.40. The van der Waals surface area contributed by atoms with Crippen LogP contribution in [0.4, 0.5) is 0 Å². The third kappa shape index (κ3) is 1.17. The first-order valence-corrected chi connectivity index (χ1v) is 4.97. The lowest BCUT2D eigenvalue weighted by atomic mass is 9.90. The van der Waals surface area contributed by atoms with Crippen LogP contribution in [0.2, 0.25) is 0 Å². The number of nitrogens with two attached hydrogens (primary N) is 1. The molecule has 1 saturated carbocycles. The largest absolute Gasteiger partial charge is 0.381 e. The molecule has 0 spiro atoms. The highest BCUT2D eigenvalue weighted by Gasteiger charge is 2.58. The highest BCUT2D eigenvalue weighted by molar-refractivity contribution is 5.11. The Morgan fingerprint density at radius 1 is 1.25 bits per heavy atom. The van der Waals surface area contributed by atoms with E-state index in [1.54, 1.807) is 0 Å². The van der Waals surface area contributed by atoms with E-state index in [9.17, 15) is 0 Å². The number of ether oxygens (including phenoxy) is 1. The van der Waals surface area contributed by atoms with E-state index in [0.29, 0.717) is 11.5 Å². The van der Waals surface area contributed by atoms with Gasteiger partial charge in [0.05, 0.1) is 0 Å². The van der Waals surface area contributed by atoms with Crippen molar-refractivity contribution in [3.63, 3.8) is 0 Å². The second-order valence-corrected chi connectivity index (χ2v) is 4.82. The van der Waals surface area contributed by atoms with E-state index in [2.05, 4.69) is 13.8 Å². The monoisotopic (exact) mass is 169 g/mol. The fourth-order valence-corrected chi connectivity index (χ4v) is 2.69. The van der Waals surface area contributed by atoms with Crippen LogP contribution in [0.5, 0.6) is 0 Å². The fraction of sp³-hybridized carbons (Fsp3) is 1.00. The summed E-state index contributed by atoms with van der Waals surface area (Å²) in [4.78, 5) is 0. The molecule has 2 nitrogen and oxygen atoms in total. The normalized spacial score (nSPS) is 41.2. The number of hydrogen-bond donors (Lipinski definition) is 1. The predicted molar refractivity (Wildman–Crippen MR) is 48.8 cm³/mol. The molecule has 0 radical (unpaired) electrons. The van der Waals surface area contributed by atoms with Gasteiger partial charge < -0.3 is 10.5 Å². The summed E-state index contributed by atoms with van der Waals surface area (Å²) in [6.45, 7) is 6.48. The SMILES string of the molecule is CC1(C)[C@@H](N)[C@@H]1C1CCOCC1. The van der Waals surface area contributed by atoms with Crippen LogP contribution in [-0.2, 0) is 4.74 Å². The van der Waals surface area contributed by atoms with Crippen LogP contribution in [0.3, 0.4) is 0 Å². The summed E-state index contributed by atoms with van der Waals surface area (Å²) in [5.41, 5.74) is 6.44. The van der Waals surface area contributed by atoms with Crippen molar-refractivity contribution in [1.82, 2.24) is 0 Å². The molecule has 0 aromatic carbocycles. The van der Waals surface area contributed by atoms with Gasteiger partial charge in [-0.05, 0) is 30.1 Å². The van der Waals surface area contributed by atoms with Gasteiger partial charge in [-0.15, -0.1) is 0 Å². The summed E-state index contributed by atoms with van der Waals surface area (Å²) in [6, 6.07) is 0.445. The zero-order chi connectivity index (χ0) is 8.77. The minimum absolute atomic E-state index is 0.405. The molecule has 2 N–H and O–H groups in total. The van der Waals surface area contributed by atoms with E-state index in [-0.39, 0.29) is 0 Å². The standard InChI is InChI=1S/C10H19NO/c1-10(2)8(9(10)11)7-3-5-12-6-4-7/h7-9H,3-6,11H2,1-2H3/t8-,9-/m0/s1. The summed E-state index contributed by atoms with van der Waals surface area (Å²) in [7, 11) is 0. The maximum absolute atomic E-state index is 6.03. The van der Waals surface area contributed by atoms with Gasteiger partial charge in [0.1, 0.15) is 0 Å². The van der Waals surface area contributed by atoms with Crippen molar-refractivity contribution in [3.8, 4) is 0 Å². The molecule has 12 heavy (non-hydrogen) atoms. The van der Waals surface area contributed by atoms with Crippen LogP contribution < -0.4 is 5.73 Å². The van der Waals surface area contributed by atoms with Crippen LogP contribution in [0.25, 0.3) is 0 Å². The Hall–Kier alpha value is -0.0800. The van der Waals surface area contributed by atoms with E-state index in [0.717, 1.165) is 25.0 Å². The van der Waals surface area contributed by atoms with Crippen molar-refractivity contribution in [1.29, 1.82) is 0 Å². The quantitative estimate of drug-likeness (QED) is 0.644. The highest BCUT2D eigenvalue weighted by Crippen LogP contribution is 2.56. The first-order valence-electron chi connectivity index (χ1n) is 4.97. The molecule has 2 rings (SSSR count). The molecule has 1 heterocycles. The Morgan fingerprint density at radius 2 is 1.75 bits per heavy atom. The molecule has 0 bridgehead atoms. The summed E-state index contributed by atoms with van der Waals surface area (Å²) in [6.07, 6.45) is 2.45. The molecule has 2 aliphatic rings. The minimum Gasteiger partial charge on any atom is -0.381 e. The van der Waals surface area contributed by atoms with Crippen molar-refractivity contribution < 1.29 is 4.74 Å². The van der Waals surface area contributed by atoms with E-state index in [1.807, 2.05) is 0 Å². The van der Waals surface area contributed by atoms with Crippen molar-refractivity contribution in [3.05, 3.63) is 0 Å². The zero-order valence-electron chi connectivity index (χ0n) is 8.05. The van der Waals surface area contributed by atoms with Gasteiger partial charge in [0.25, 0.3) is 0 Å². The van der Waals surface area contributed by atoms with Crippen molar-refractivity contribution in [2.45, 2.75) is 32.7 Å². The molecule has 0 aromatic rings. The summed E-state index contributed by atoms with van der Waals surface area (Å²) in [5.74, 6) is 1.60. The molecule has 2 fully saturated rings. The Morgan fingerprint density at radius 3 is 2.17 bits per heavy atom. The van der Waals surface area contributed by atoms with Crippen molar-refractivity contribution in [2.75, 3.05) is 13.2 Å². The maximum Gasteiger partial charge on any atom is 0.0468 e. The molecule has 70 valence electrons. The molecule has 1 aliphatic heterocycles. The maximum atomic E-state index is 6.03. The Kier molecular flexibility index (Phi) is 1.92. The lowest BCUT2D eigenvalue weighted by molar-refractivity contribution is 0.0557. The van der Waals surface area contributed by atoms with Crippen LogP contribution >= 0.6 is 0 Å². The fourth-order valence-electron chi connectivity index (χ4n) is 2.69. The summed E-state index contributed by atoms with van der Waals surface area (Å²) < 4.78 is 5.34. The van der Waals surface area contributed by atoms with Gasteiger partial charge >= 0.3 is 0 Å². The number of hydrogen-bond acceptors (Lipinski definition) is 2. The topological polar surface area (TPSA) is 35.2 Å². The molecule has 0 unspecified atom stereocenters. The highest BCUT2D eigenvalue weighted by atomic mass is 16.5. The third-order valence-electron chi connectivity index (χ3n) is 3.77. The van der Waals surface area contributed by atoms with E-state index < -0.39 is 0 Å². The second-order valence-electron chi connectivity index (χ2n) is 4.82. The van der Waals surface area contributed by atoms with E-state index in [4.69, 9.17) is 10.5 Å². The Balaban J connectivity index is 1.93.